The summed E-state index contributed by atoms with van der Waals surface area (Å²) in [6.45, 7) is 2.02. The first-order valence-corrected chi connectivity index (χ1v) is 10.6. The number of hydrogen-bond acceptors (Lipinski definition) is 8. The minimum Gasteiger partial charge on any atom is -0.493 e. The number of urea groups is 1. The highest BCUT2D eigenvalue weighted by Gasteiger charge is 2.28. The lowest BCUT2D eigenvalue weighted by atomic mass is 10.1. The van der Waals surface area contributed by atoms with E-state index in [4.69, 9.17) is 18.9 Å². The van der Waals surface area contributed by atoms with Crippen LogP contribution in [0.1, 0.15) is 39.7 Å². The summed E-state index contributed by atoms with van der Waals surface area (Å²) in [5.74, 6) is 0.989. The molecule has 1 heterocycles. The lowest BCUT2D eigenvalue weighted by Gasteiger charge is -2.12. The van der Waals surface area contributed by atoms with E-state index in [1.807, 2.05) is 0 Å². The number of benzene rings is 1. The fourth-order valence-corrected chi connectivity index (χ4v) is 4.66. The predicted molar refractivity (Wildman–Crippen MR) is 118 cm³/mol. The third kappa shape index (κ3) is 4.91. The highest BCUT2D eigenvalue weighted by atomic mass is 32.1. The number of nitrogens with zero attached hydrogens (tertiary/aromatic N) is 1. The van der Waals surface area contributed by atoms with Crippen molar-refractivity contribution in [2.75, 3.05) is 33.3 Å². The number of rotatable bonds is 8. The van der Waals surface area contributed by atoms with Gasteiger partial charge in [0.15, 0.2) is 11.5 Å². The van der Waals surface area contributed by atoms with Crippen molar-refractivity contribution >= 4 is 34.6 Å². The summed E-state index contributed by atoms with van der Waals surface area (Å²) in [5, 5.41) is 7.16. The minimum atomic E-state index is -0.561. The monoisotopic (exact) mass is 447 g/mol. The molecule has 10 heteroatoms. The Morgan fingerprint density at radius 3 is 2.45 bits per heavy atom. The molecule has 0 saturated heterocycles. The number of anilines is 1. The van der Waals surface area contributed by atoms with E-state index in [0.717, 1.165) is 29.7 Å². The third-order valence-corrected chi connectivity index (χ3v) is 5.90. The van der Waals surface area contributed by atoms with Gasteiger partial charge in [-0.15, -0.1) is 11.3 Å². The molecule has 0 radical (unpaired) electrons. The maximum absolute atomic E-state index is 12.4. The molecule has 0 spiro atoms. The summed E-state index contributed by atoms with van der Waals surface area (Å²) in [4.78, 5) is 25.9. The van der Waals surface area contributed by atoms with E-state index >= 15 is 0 Å². The smallest absolute Gasteiger partial charge is 0.341 e. The van der Waals surface area contributed by atoms with Crippen molar-refractivity contribution < 1.29 is 28.5 Å². The van der Waals surface area contributed by atoms with Gasteiger partial charge in [-0.1, -0.05) is 0 Å². The van der Waals surface area contributed by atoms with Crippen LogP contribution < -0.4 is 25.0 Å². The summed E-state index contributed by atoms with van der Waals surface area (Å²) in [6, 6.07) is 2.84. The third-order valence-electron chi connectivity index (χ3n) is 4.69. The molecule has 0 bridgehead atoms. The Balaban J connectivity index is 1.71. The maximum Gasteiger partial charge on any atom is 0.341 e. The molecular formula is C21H25N3O6S. The van der Waals surface area contributed by atoms with Crippen molar-refractivity contribution in [3.05, 3.63) is 33.7 Å². The van der Waals surface area contributed by atoms with Crippen LogP contribution in [0.5, 0.6) is 17.2 Å². The molecule has 2 aromatic rings. The van der Waals surface area contributed by atoms with Crippen molar-refractivity contribution in [3.63, 3.8) is 0 Å². The predicted octanol–water partition coefficient (Wildman–Crippen LogP) is 3.59. The van der Waals surface area contributed by atoms with Gasteiger partial charge in [0.05, 0.1) is 39.7 Å². The summed E-state index contributed by atoms with van der Waals surface area (Å²) in [5.41, 5.74) is 4.46. The highest BCUT2D eigenvalue weighted by molar-refractivity contribution is 7.17. The van der Waals surface area contributed by atoms with Crippen molar-refractivity contribution in [2.24, 2.45) is 5.10 Å². The van der Waals surface area contributed by atoms with Crippen molar-refractivity contribution in [3.8, 4) is 17.2 Å². The van der Waals surface area contributed by atoms with E-state index in [2.05, 4.69) is 15.8 Å². The molecule has 0 atom stereocenters. The van der Waals surface area contributed by atoms with Crippen molar-refractivity contribution in [1.82, 2.24) is 5.43 Å². The Morgan fingerprint density at radius 2 is 1.84 bits per heavy atom. The number of hydrogen-bond donors (Lipinski definition) is 2. The Bertz CT molecular complexity index is 976. The van der Waals surface area contributed by atoms with Crippen LogP contribution in [0.4, 0.5) is 9.80 Å². The number of methoxy groups -OCH3 is 3. The second-order valence-corrected chi connectivity index (χ2v) is 7.67. The van der Waals surface area contributed by atoms with Gasteiger partial charge in [-0.05, 0) is 43.9 Å². The molecule has 0 saturated carbocycles. The number of carbonyl (C=O) groups is 2. The summed E-state index contributed by atoms with van der Waals surface area (Å²) >= 11 is 1.40. The quantitative estimate of drug-likeness (QED) is 0.364. The average molecular weight is 448 g/mol. The number of ether oxygens (including phenoxy) is 4. The first-order valence-electron chi connectivity index (χ1n) is 9.74. The normalized spacial score (nSPS) is 12.4. The largest absolute Gasteiger partial charge is 0.493 e. The van der Waals surface area contributed by atoms with Gasteiger partial charge in [-0.2, -0.15) is 5.10 Å². The molecule has 1 aromatic carbocycles. The first kappa shape index (κ1) is 22.4. The number of hydrazone groups is 1. The van der Waals surface area contributed by atoms with E-state index in [9.17, 15) is 9.59 Å². The molecular weight excluding hydrogens is 422 g/mol. The zero-order valence-electron chi connectivity index (χ0n) is 17.9. The molecule has 1 aromatic heterocycles. The van der Waals surface area contributed by atoms with Crippen LogP contribution >= 0.6 is 11.3 Å². The lowest BCUT2D eigenvalue weighted by molar-refractivity contribution is 0.0527. The summed E-state index contributed by atoms with van der Waals surface area (Å²) < 4.78 is 21.1. The number of esters is 1. The second-order valence-electron chi connectivity index (χ2n) is 6.56. The SMILES string of the molecule is CCOC(=O)c1c(NC(=O)N/N=C/c2cc(OC)c(OC)c(OC)c2)sc2c1CCC2. The van der Waals surface area contributed by atoms with E-state index in [-0.39, 0.29) is 6.61 Å². The zero-order chi connectivity index (χ0) is 22.4. The number of aryl methyl sites for hydroxylation is 1. The topological polar surface area (TPSA) is 107 Å². The molecule has 1 aliphatic carbocycles. The fraction of sp³-hybridized carbons (Fsp3) is 0.381. The second kappa shape index (κ2) is 10.2. The molecule has 2 N–H and O–H groups in total. The Kier molecular flexibility index (Phi) is 7.35. The Hall–Kier alpha value is -3.27. The van der Waals surface area contributed by atoms with Crippen LogP contribution in [0, 0.1) is 0 Å². The summed E-state index contributed by atoms with van der Waals surface area (Å²) in [6.07, 6.45) is 4.15. The molecule has 3 rings (SSSR count). The van der Waals surface area contributed by atoms with Gasteiger partial charge in [0, 0.05) is 10.4 Å². The van der Waals surface area contributed by atoms with Crippen LogP contribution in [0.15, 0.2) is 17.2 Å². The van der Waals surface area contributed by atoms with E-state index in [1.54, 1.807) is 19.1 Å². The molecule has 9 nitrogen and oxygen atoms in total. The zero-order valence-corrected chi connectivity index (χ0v) is 18.7. The molecule has 0 aliphatic heterocycles. The van der Waals surface area contributed by atoms with Gasteiger partial charge in [0.25, 0.3) is 0 Å². The standard InChI is InChI=1S/C21H25N3O6S/c1-5-30-20(25)17-13-7-6-8-16(13)31-19(17)23-21(26)24-22-11-12-9-14(27-2)18(29-4)15(10-12)28-3/h9-11H,5-8H2,1-4H3,(H2,23,24,26)/b22-11+. The van der Waals surface area contributed by atoms with Crippen LogP contribution in [0.3, 0.4) is 0 Å². The van der Waals surface area contributed by atoms with Crippen LogP contribution in [-0.2, 0) is 17.6 Å². The van der Waals surface area contributed by atoms with Gasteiger partial charge in [0.2, 0.25) is 5.75 Å². The van der Waals surface area contributed by atoms with Crippen molar-refractivity contribution in [1.29, 1.82) is 0 Å². The van der Waals surface area contributed by atoms with E-state index < -0.39 is 12.0 Å². The highest BCUT2D eigenvalue weighted by Crippen LogP contribution is 2.40. The number of fused-ring (bicyclic) bond motifs is 1. The van der Waals surface area contributed by atoms with Gasteiger partial charge >= 0.3 is 12.0 Å². The molecule has 1 aliphatic rings. The molecule has 0 unspecified atom stereocenters. The van der Waals surface area contributed by atoms with Gasteiger partial charge in [-0.25, -0.2) is 15.0 Å². The lowest BCUT2D eigenvalue weighted by Crippen LogP contribution is -2.25. The maximum atomic E-state index is 12.4. The van der Waals surface area contributed by atoms with E-state index in [0.29, 0.717) is 33.4 Å². The average Bonchev–Trinajstić information content (AvgIpc) is 3.33. The number of nitrogens with one attached hydrogen (secondary N) is 2. The van der Waals surface area contributed by atoms with E-state index in [1.165, 1.54) is 38.9 Å². The van der Waals surface area contributed by atoms with Gasteiger partial charge in [0.1, 0.15) is 5.00 Å². The molecule has 2 amide bonds. The molecule has 0 fully saturated rings. The minimum absolute atomic E-state index is 0.272. The van der Waals surface area contributed by atoms with Crippen LogP contribution in [0.25, 0.3) is 0 Å². The Labute approximate surface area is 184 Å². The van der Waals surface area contributed by atoms with Gasteiger partial charge < -0.3 is 18.9 Å². The van der Waals surface area contributed by atoms with Gasteiger partial charge in [-0.3, -0.25) is 5.32 Å². The Morgan fingerprint density at radius 1 is 1.13 bits per heavy atom. The fourth-order valence-electron chi connectivity index (χ4n) is 3.38. The number of carbonyl (C=O) groups excluding carboxylic acids is 2. The van der Waals surface area contributed by atoms with Crippen LogP contribution in [-0.4, -0.2) is 46.2 Å². The molecule has 31 heavy (non-hydrogen) atoms. The first-order chi connectivity index (χ1) is 15.0. The molecule has 166 valence electrons. The van der Waals surface area contributed by atoms with Crippen molar-refractivity contribution in [2.45, 2.75) is 26.2 Å². The summed E-state index contributed by atoms with van der Waals surface area (Å²) in [7, 11) is 4.55. The van der Waals surface area contributed by atoms with Crippen LogP contribution in [0.2, 0.25) is 0 Å². The number of thiophene rings is 1. The number of amides is 2.